The standard InChI is InChI=1S/6C14H20.6BrH/c6*1-12(13-8-4-2-5-9-13)14-10-6-3-7-11-14;;;;;;/h6*8,10H,1-7,9,11H2;6*1H. The quantitative estimate of drug-likeness (QED) is 0.183. The molecule has 0 bridgehead atoms. The van der Waals surface area contributed by atoms with Gasteiger partial charge in [0.2, 0.25) is 0 Å². The van der Waals surface area contributed by atoms with Crippen molar-refractivity contribution in [2.45, 2.75) is 308 Å². The summed E-state index contributed by atoms with van der Waals surface area (Å²) in [5.41, 5.74) is 26.5. The molecule has 0 heterocycles. The Morgan fingerprint density at radius 3 is 0.278 bits per heavy atom. The normalized spacial score (nSPS) is 21.1. The molecule has 0 unspecified atom stereocenters. The molecule has 0 amide bonds. The summed E-state index contributed by atoms with van der Waals surface area (Å²) in [5.74, 6) is 0. The first-order chi connectivity index (χ1) is 41.3. The smallest absolute Gasteiger partial charge is 0.0271 e. The molecule has 0 aromatic rings. The van der Waals surface area contributed by atoms with Crippen LogP contribution in [-0.2, 0) is 0 Å². The SMILES string of the molecule is Br.Br.Br.Br.Br.Br.C=C(C1=CCCCC1)C1=CCCCC1.C=C(C1=CCCCC1)C1=CCCCC1.C=C(C1=CCCCC1)C1=CCCCC1.C=C(C1=CCCCC1)C1=CCCCC1.C=C(C1=CCCCC1)C1=CCCCC1.C=C(C1=CCCCC1)C1=CCCCC1. The number of rotatable bonds is 12. The summed E-state index contributed by atoms with van der Waals surface area (Å²) in [6.07, 6.45) is 91.9. The van der Waals surface area contributed by atoms with Crippen molar-refractivity contribution >= 4 is 102 Å². The summed E-state index contributed by atoms with van der Waals surface area (Å²) in [6, 6.07) is 0. The average Bonchev–Trinajstić information content (AvgIpc) is 3.41. The maximum Gasteiger partial charge on any atom is -0.0271 e. The van der Waals surface area contributed by atoms with E-state index in [9.17, 15) is 0 Å². The van der Waals surface area contributed by atoms with Gasteiger partial charge in [-0.25, -0.2) is 0 Å². The van der Waals surface area contributed by atoms with Crippen LogP contribution < -0.4 is 0 Å². The second-order valence-corrected chi connectivity index (χ2v) is 26.6. The van der Waals surface area contributed by atoms with Crippen LogP contribution in [0.25, 0.3) is 0 Å². The van der Waals surface area contributed by atoms with Crippen molar-refractivity contribution in [1.29, 1.82) is 0 Å². The Balaban J connectivity index is 0.000000533. The lowest BCUT2D eigenvalue weighted by Gasteiger charge is -2.20. The highest BCUT2D eigenvalue weighted by Crippen LogP contribution is 2.38. The molecule has 0 atom stereocenters. The summed E-state index contributed by atoms with van der Waals surface area (Å²) < 4.78 is 0. The first-order valence-corrected chi connectivity index (χ1v) is 35.7. The van der Waals surface area contributed by atoms with Crippen LogP contribution in [0.1, 0.15) is 308 Å². The van der Waals surface area contributed by atoms with Crippen molar-refractivity contribution in [3.63, 3.8) is 0 Å². The third-order valence-corrected chi connectivity index (χ3v) is 20.1. The zero-order chi connectivity index (χ0) is 58.8. The van der Waals surface area contributed by atoms with Gasteiger partial charge in [0.05, 0.1) is 0 Å². The maximum absolute atomic E-state index is 4.27. The minimum Gasteiger partial charge on any atom is -0.114 e. The third-order valence-electron chi connectivity index (χ3n) is 20.1. The van der Waals surface area contributed by atoms with Gasteiger partial charge in [-0.15, -0.1) is 102 Å². The van der Waals surface area contributed by atoms with Crippen LogP contribution in [0.3, 0.4) is 0 Å². The van der Waals surface area contributed by atoms with Gasteiger partial charge in [-0.05, 0) is 409 Å². The third kappa shape index (κ3) is 30.9. The van der Waals surface area contributed by atoms with E-state index in [-0.39, 0.29) is 102 Å². The fourth-order valence-electron chi connectivity index (χ4n) is 14.6. The van der Waals surface area contributed by atoms with E-state index >= 15 is 0 Å². The van der Waals surface area contributed by atoms with Gasteiger partial charge in [-0.1, -0.05) is 112 Å². The van der Waals surface area contributed by atoms with E-state index < -0.39 is 0 Å². The Hall–Kier alpha value is -1.80. The topological polar surface area (TPSA) is 0 Å². The molecule has 0 aromatic carbocycles. The molecule has 0 saturated heterocycles. The molecule has 0 spiro atoms. The summed E-state index contributed by atoms with van der Waals surface area (Å²) >= 11 is 0. The lowest BCUT2D eigenvalue weighted by atomic mass is 9.86. The molecule has 0 N–H and O–H groups in total. The summed E-state index contributed by atoms with van der Waals surface area (Å²) in [6.45, 7) is 25.6. The Morgan fingerprint density at radius 1 is 0.144 bits per heavy atom. The van der Waals surface area contributed by atoms with Crippen LogP contribution in [0.4, 0.5) is 0 Å². The molecule has 0 aliphatic heterocycles. The minimum atomic E-state index is 0. The molecule has 0 nitrogen and oxygen atoms in total. The second-order valence-electron chi connectivity index (χ2n) is 26.6. The average molecular weight is 1620 g/mol. The van der Waals surface area contributed by atoms with E-state index in [0.717, 1.165) is 0 Å². The molecule has 0 radical (unpaired) electrons. The van der Waals surface area contributed by atoms with Crippen LogP contribution in [0.15, 0.2) is 213 Å². The van der Waals surface area contributed by atoms with E-state index in [1.165, 1.54) is 409 Å². The van der Waals surface area contributed by atoms with Crippen LogP contribution in [-0.4, -0.2) is 0 Å². The van der Waals surface area contributed by atoms with Gasteiger partial charge < -0.3 is 0 Å². The Bertz CT molecular complexity index is 2000. The molecule has 0 aromatic heterocycles. The first kappa shape index (κ1) is 86.2. The van der Waals surface area contributed by atoms with E-state index in [0.29, 0.717) is 0 Å². The zero-order valence-corrected chi connectivity index (χ0v) is 66.8. The minimum absolute atomic E-state index is 0. The number of hydrogen-bond donors (Lipinski definition) is 0. The van der Waals surface area contributed by atoms with Crippen molar-refractivity contribution in [3.05, 3.63) is 213 Å². The highest BCUT2D eigenvalue weighted by molar-refractivity contribution is 8.93. The lowest BCUT2D eigenvalue weighted by Crippen LogP contribution is -2.00. The fraction of sp³-hybridized carbons (Fsp3) is 0.571. The Kier molecular flexibility index (Phi) is 49.3. The Morgan fingerprint density at radius 2 is 0.222 bits per heavy atom. The lowest BCUT2D eigenvalue weighted by molar-refractivity contribution is 0.687. The van der Waals surface area contributed by atoms with E-state index in [1.54, 1.807) is 0 Å². The van der Waals surface area contributed by atoms with Gasteiger partial charge in [0, 0.05) is 0 Å². The molecule has 12 aliphatic carbocycles. The van der Waals surface area contributed by atoms with Crippen LogP contribution >= 0.6 is 102 Å². The highest BCUT2D eigenvalue weighted by atomic mass is 79.9. The van der Waals surface area contributed by atoms with Gasteiger partial charge >= 0.3 is 0 Å². The number of allylic oxidation sites excluding steroid dienone is 30. The summed E-state index contributed by atoms with van der Waals surface area (Å²) in [4.78, 5) is 0. The van der Waals surface area contributed by atoms with E-state index in [4.69, 9.17) is 0 Å². The molecular formula is C84H126Br6. The molecule has 6 heteroatoms. The second kappa shape index (κ2) is 51.5. The van der Waals surface area contributed by atoms with Crippen LogP contribution in [0.2, 0.25) is 0 Å². The van der Waals surface area contributed by atoms with Crippen molar-refractivity contribution in [3.8, 4) is 0 Å². The van der Waals surface area contributed by atoms with E-state index in [2.05, 4.69) is 112 Å². The predicted molar refractivity (Wildman–Crippen MR) is 435 cm³/mol. The first-order valence-electron chi connectivity index (χ1n) is 35.7. The monoisotopic (exact) mass is 1610 g/mol. The molecule has 504 valence electrons. The number of hydrogen-bond acceptors (Lipinski definition) is 0. The molecule has 12 aliphatic rings. The number of halogens is 6. The summed E-state index contributed by atoms with van der Waals surface area (Å²) in [7, 11) is 0. The molecule has 0 fully saturated rings. The highest BCUT2D eigenvalue weighted by Gasteiger charge is 2.18. The van der Waals surface area contributed by atoms with Crippen LogP contribution in [0, 0.1) is 0 Å². The van der Waals surface area contributed by atoms with Crippen molar-refractivity contribution in [1.82, 2.24) is 0 Å². The van der Waals surface area contributed by atoms with Gasteiger partial charge in [0.1, 0.15) is 0 Å². The maximum atomic E-state index is 4.27. The van der Waals surface area contributed by atoms with E-state index in [1.807, 2.05) is 0 Å². The largest absolute Gasteiger partial charge is 0.114 e. The molecular weight excluding hydrogens is 1490 g/mol. The van der Waals surface area contributed by atoms with Crippen molar-refractivity contribution in [2.24, 2.45) is 0 Å². The molecule has 90 heavy (non-hydrogen) atoms. The van der Waals surface area contributed by atoms with Crippen molar-refractivity contribution < 1.29 is 0 Å². The molecule has 12 rings (SSSR count). The van der Waals surface area contributed by atoms with Crippen LogP contribution in [0.5, 0.6) is 0 Å². The predicted octanol–water partition coefficient (Wildman–Crippen LogP) is 30.7. The fourth-order valence-corrected chi connectivity index (χ4v) is 14.6. The Labute approximate surface area is 617 Å². The van der Waals surface area contributed by atoms with Gasteiger partial charge in [-0.2, -0.15) is 0 Å². The van der Waals surface area contributed by atoms with Crippen molar-refractivity contribution in [2.75, 3.05) is 0 Å². The zero-order valence-electron chi connectivity index (χ0n) is 56.6. The molecule has 0 saturated carbocycles. The summed E-state index contributed by atoms with van der Waals surface area (Å²) in [5, 5.41) is 0. The van der Waals surface area contributed by atoms with Gasteiger partial charge in [0.25, 0.3) is 0 Å². The van der Waals surface area contributed by atoms with Gasteiger partial charge in [-0.3, -0.25) is 0 Å². The van der Waals surface area contributed by atoms with Gasteiger partial charge in [0.15, 0.2) is 0 Å².